The second-order valence-corrected chi connectivity index (χ2v) is 6.98. The summed E-state index contributed by atoms with van der Waals surface area (Å²) >= 11 is 0. The second-order valence-electron chi connectivity index (χ2n) is 6.98. The van der Waals surface area contributed by atoms with Gasteiger partial charge in [0.25, 0.3) is 5.91 Å². The first kappa shape index (κ1) is 18.1. The zero-order chi connectivity index (χ0) is 17.9. The van der Waals surface area contributed by atoms with Gasteiger partial charge in [-0.3, -0.25) is 4.79 Å². The first-order chi connectivity index (χ1) is 11.2. The van der Waals surface area contributed by atoms with Gasteiger partial charge >= 0.3 is 6.09 Å². The summed E-state index contributed by atoms with van der Waals surface area (Å²) in [6.45, 7) is 8.49. The van der Waals surface area contributed by atoms with Crippen LogP contribution in [0.1, 0.15) is 43.1 Å². The SMILES string of the molecule is CNC(=O)c1cc(OC[C@@H]2CCN2C(=O)OC(C)(C)C)ccc1C. The van der Waals surface area contributed by atoms with Crippen LogP contribution in [-0.4, -0.2) is 48.7 Å². The van der Waals surface area contributed by atoms with Crippen LogP contribution in [0.2, 0.25) is 0 Å². The molecule has 0 spiro atoms. The quantitative estimate of drug-likeness (QED) is 0.919. The van der Waals surface area contributed by atoms with Gasteiger partial charge in [0, 0.05) is 19.2 Å². The number of likely N-dealkylation sites (tertiary alicyclic amines) is 1. The number of carbonyl (C=O) groups is 2. The van der Waals surface area contributed by atoms with Crippen LogP contribution in [-0.2, 0) is 4.74 Å². The molecule has 0 saturated carbocycles. The molecule has 2 rings (SSSR count). The van der Waals surface area contributed by atoms with Crippen LogP contribution in [0.4, 0.5) is 4.79 Å². The molecule has 1 N–H and O–H groups in total. The molecular weight excluding hydrogens is 308 g/mol. The molecule has 1 aliphatic heterocycles. The Hall–Kier alpha value is -2.24. The standard InChI is InChI=1S/C18H26N2O4/c1-12-6-7-14(10-15(12)16(21)19-5)23-11-13-8-9-20(13)17(22)24-18(2,3)4/h6-7,10,13H,8-9,11H2,1-5H3,(H,19,21)/t13-/m0/s1. The Kier molecular flexibility index (Phi) is 5.36. The number of hydrogen-bond donors (Lipinski definition) is 1. The number of amides is 2. The first-order valence-corrected chi connectivity index (χ1v) is 8.16. The van der Waals surface area contributed by atoms with Crippen molar-refractivity contribution >= 4 is 12.0 Å². The Bertz CT molecular complexity index is 622. The molecule has 1 aliphatic rings. The summed E-state index contributed by atoms with van der Waals surface area (Å²) in [6.07, 6.45) is 0.574. The zero-order valence-corrected chi connectivity index (χ0v) is 15.0. The highest BCUT2D eigenvalue weighted by Gasteiger charge is 2.35. The van der Waals surface area contributed by atoms with Crippen molar-refractivity contribution in [3.63, 3.8) is 0 Å². The monoisotopic (exact) mass is 334 g/mol. The minimum absolute atomic E-state index is 0.00426. The van der Waals surface area contributed by atoms with Crippen LogP contribution >= 0.6 is 0 Å². The molecule has 0 aromatic heterocycles. The number of ether oxygens (including phenoxy) is 2. The Morgan fingerprint density at radius 1 is 1.33 bits per heavy atom. The summed E-state index contributed by atoms with van der Waals surface area (Å²) < 4.78 is 11.2. The van der Waals surface area contributed by atoms with Gasteiger partial charge in [0.15, 0.2) is 0 Å². The molecule has 1 aromatic rings. The third-order valence-electron chi connectivity index (χ3n) is 3.90. The summed E-state index contributed by atoms with van der Waals surface area (Å²) in [6, 6.07) is 5.42. The maximum absolute atomic E-state index is 12.1. The summed E-state index contributed by atoms with van der Waals surface area (Å²) in [7, 11) is 1.60. The number of hydrogen-bond acceptors (Lipinski definition) is 4. The van der Waals surface area contributed by atoms with Gasteiger partial charge < -0.3 is 19.7 Å². The van der Waals surface area contributed by atoms with Crippen molar-refractivity contribution in [3.05, 3.63) is 29.3 Å². The van der Waals surface area contributed by atoms with E-state index < -0.39 is 5.60 Å². The highest BCUT2D eigenvalue weighted by atomic mass is 16.6. The van der Waals surface area contributed by atoms with Crippen LogP contribution in [0.15, 0.2) is 18.2 Å². The molecule has 0 unspecified atom stereocenters. The Morgan fingerprint density at radius 3 is 2.58 bits per heavy atom. The van der Waals surface area contributed by atoms with Crippen molar-refractivity contribution in [1.82, 2.24) is 10.2 Å². The largest absolute Gasteiger partial charge is 0.491 e. The smallest absolute Gasteiger partial charge is 0.410 e. The zero-order valence-electron chi connectivity index (χ0n) is 15.0. The van der Waals surface area contributed by atoms with E-state index in [2.05, 4.69) is 5.32 Å². The maximum Gasteiger partial charge on any atom is 0.410 e. The van der Waals surface area contributed by atoms with Gasteiger partial charge in [-0.1, -0.05) is 6.07 Å². The Morgan fingerprint density at radius 2 is 2.04 bits per heavy atom. The van der Waals surface area contributed by atoms with E-state index in [0.717, 1.165) is 12.0 Å². The molecule has 2 amide bonds. The molecule has 0 bridgehead atoms. The van der Waals surface area contributed by atoms with Crippen molar-refractivity contribution in [2.45, 2.75) is 45.8 Å². The predicted octanol–water partition coefficient (Wildman–Crippen LogP) is 2.74. The van der Waals surface area contributed by atoms with Crippen molar-refractivity contribution < 1.29 is 19.1 Å². The molecule has 1 saturated heterocycles. The summed E-state index contributed by atoms with van der Waals surface area (Å²) in [5.74, 6) is 0.479. The van der Waals surface area contributed by atoms with Gasteiger partial charge in [0.1, 0.15) is 18.0 Å². The molecule has 1 atom stereocenters. The van der Waals surface area contributed by atoms with E-state index in [1.807, 2.05) is 39.8 Å². The molecule has 0 radical (unpaired) electrons. The van der Waals surface area contributed by atoms with E-state index in [1.165, 1.54) is 0 Å². The van der Waals surface area contributed by atoms with Gasteiger partial charge in [0.2, 0.25) is 0 Å². The van der Waals surface area contributed by atoms with E-state index in [0.29, 0.717) is 24.5 Å². The minimum atomic E-state index is -0.503. The molecule has 6 nitrogen and oxygen atoms in total. The van der Waals surface area contributed by atoms with Gasteiger partial charge in [-0.2, -0.15) is 0 Å². The van der Waals surface area contributed by atoms with Gasteiger partial charge in [0.05, 0.1) is 6.04 Å². The van der Waals surface area contributed by atoms with Crippen LogP contribution in [0.5, 0.6) is 5.75 Å². The maximum atomic E-state index is 12.1. The fraction of sp³-hybridized carbons (Fsp3) is 0.556. The molecule has 1 fully saturated rings. The van der Waals surface area contributed by atoms with E-state index in [-0.39, 0.29) is 18.0 Å². The fourth-order valence-corrected chi connectivity index (χ4v) is 2.44. The lowest BCUT2D eigenvalue weighted by atomic mass is 10.1. The highest BCUT2D eigenvalue weighted by Crippen LogP contribution is 2.23. The summed E-state index contributed by atoms with van der Waals surface area (Å²) in [5, 5.41) is 2.62. The van der Waals surface area contributed by atoms with Crippen molar-refractivity contribution in [1.29, 1.82) is 0 Å². The lowest BCUT2D eigenvalue weighted by Crippen LogP contribution is -2.55. The number of nitrogens with zero attached hydrogens (tertiary/aromatic N) is 1. The number of benzene rings is 1. The number of aryl methyl sites for hydroxylation is 1. The Labute approximate surface area is 143 Å². The number of rotatable bonds is 4. The van der Waals surface area contributed by atoms with Crippen LogP contribution in [0.25, 0.3) is 0 Å². The molecular formula is C18H26N2O4. The van der Waals surface area contributed by atoms with E-state index in [9.17, 15) is 9.59 Å². The molecule has 1 heterocycles. The molecule has 132 valence electrons. The number of carbonyl (C=O) groups excluding carboxylic acids is 2. The van der Waals surface area contributed by atoms with Crippen molar-refractivity contribution in [3.8, 4) is 5.75 Å². The number of nitrogens with one attached hydrogen (secondary N) is 1. The summed E-state index contributed by atoms with van der Waals surface area (Å²) in [4.78, 5) is 25.6. The fourth-order valence-electron chi connectivity index (χ4n) is 2.44. The highest BCUT2D eigenvalue weighted by molar-refractivity contribution is 5.95. The second kappa shape index (κ2) is 7.11. The predicted molar refractivity (Wildman–Crippen MR) is 91.4 cm³/mol. The third kappa shape index (κ3) is 4.40. The molecule has 6 heteroatoms. The van der Waals surface area contributed by atoms with Crippen LogP contribution in [0.3, 0.4) is 0 Å². The molecule has 0 aliphatic carbocycles. The average Bonchev–Trinajstić information content (AvgIpc) is 2.45. The normalized spacial score (nSPS) is 17.0. The Balaban J connectivity index is 1.94. The topological polar surface area (TPSA) is 67.9 Å². The van der Waals surface area contributed by atoms with E-state index >= 15 is 0 Å². The van der Waals surface area contributed by atoms with Gasteiger partial charge in [-0.25, -0.2) is 4.79 Å². The van der Waals surface area contributed by atoms with Crippen LogP contribution in [0, 0.1) is 6.92 Å². The lowest BCUT2D eigenvalue weighted by Gasteiger charge is -2.41. The summed E-state index contributed by atoms with van der Waals surface area (Å²) in [5.41, 5.74) is 0.977. The van der Waals surface area contributed by atoms with E-state index in [1.54, 1.807) is 18.0 Å². The van der Waals surface area contributed by atoms with E-state index in [4.69, 9.17) is 9.47 Å². The van der Waals surface area contributed by atoms with Crippen molar-refractivity contribution in [2.75, 3.05) is 20.2 Å². The van der Waals surface area contributed by atoms with Crippen molar-refractivity contribution in [2.24, 2.45) is 0 Å². The van der Waals surface area contributed by atoms with Gasteiger partial charge in [-0.05, 0) is 51.8 Å². The van der Waals surface area contributed by atoms with Crippen LogP contribution < -0.4 is 10.1 Å². The molecule has 24 heavy (non-hydrogen) atoms. The first-order valence-electron chi connectivity index (χ1n) is 8.16. The molecule has 1 aromatic carbocycles. The average molecular weight is 334 g/mol. The minimum Gasteiger partial charge on any atom is -0.491 e. The van der Waals surface area contributed by atoms with Gasteiger partial charge in [-0.15, -0.1) is 0 Å². The lowest BCUT2D eigenvalue weighted by molar-refractivity contribution is -0.0141. The third-order valence-corrected chi connectivity index (χ3v) is 3.90.